The predicted molar refractivity (Wildman–Crippen MR) is 123 cm³/mol. The Bertz CT molecular complexity index is 1270. The fraction of sp³-hybridized carbons (Fsp3) is 0.231. The van der Waals surface area contributed by atoms with Gasteiger partial charge in [0.15, 0.2) is 11.7 Å². The summed E-state index contributed by atoms with van der Waals surface area (Å²) >= 11 is 0. The molecule has 3 heterocycles. The van der Waals surface area contributed by atoms with Crippen LogP contribution in [0.4, 0.5) is 5.88 Å². The topological polar surface area (TPSA) is 89.5 Å². The number of para-hydroxylation sites is 1. The standard InChI is InChI=1S/C26H23N3O4/c1-25(31-13-14-32-25)26(20-9-7-18(16-27)8-10-20,21-11-12-23(30-2)28-17-21)29-24-15-19-5-3-4-6-22(19)33-24/h3-12,15,17,29H,13-14H2,1-2H3. The van der Waals surface area contributed by atoms with Crippen molar-refractivity contribution < 1.29 is 18.6 Å². The van der Waals surface area contributed by atoms with Gasteiger partial charge >= 0.3 is 0 Å². The van der Waals surface area contributed by atoms with Crippen molar-refractivity contribution in [2.75, 3.05) is 25.6 Å². The number of aromatic nitrogens is 1. The molecule has 166 valence electrons. The summed E-state index contributed by atoms with van der Waals surface area (Å²) < 4.78 is 23.9. The number of benzene rings is 2. The Balaban J connectivity index is 1.75. The maximum atomic E-state index is 9.33. The quantitative estimate of drug-likeness (QED) is 0.458. The average molecular weight is 441 g/mol. The highest BCUT2D eigenvalue weighted by molar-refractivity contribution is 5.81. The van der Waals surface area contributed by atoms with Gasteiger partial charge in [0.2, 0.25) is 5.88 Å². The van der Waals surface area contributed by atoms with E-state index in [4.69, 9.17) is 18.6 Å². The Morgan fingerprint density at radius 3 is 2.39 bits per heavy atom. The van der Waals surface area contributed by atoms with Crippen LogP contribution < -0.4 is 10.1 Å². The lowest BCUT2D eigenvalue weighted by atomic mass is 9.76. The second-order valence-corrected chi connectivity index (χ2v) is 7.94. The van der Waals surface area contributed by atoms with E-state index in [-0.39, 0.29) is 0 Å². The average Bonchev–Trinajstić information content (AvgIpc) is 3.49. The SMILES string of the molecule is COc1ccc(C(Nc2cc3ccccc3o2)(c2ccc(C#N)cc2)C2(C)OCCO2)cn1. The number of furan rings is 1. The molecule has 2 aromatic carbocycles. The highest BCUT2D eigenvalue weighted by Crippen LogP contribution is 2.47. The molecule has 0 saturated carbocycles. The van der Waals surface area contributed by atoms with Crippen molar-refractivity contribution in [1.29, 1.82) is 5.26 Å². The summed E-state index contributed by atoms with van der Waals surface area (Å²) in [5, 5.41) is 13.9. The first kappa shape index (κ1) is 21.0. The minimum absolute atomic E-state index is 0.444. The van der Waals surface area contributed by atoms with Gasteiger partial charge in [-0.1, -0.05) is 30.3 Å². The summed E-state index contributed by atoms with van der Waals surface area (Å²) in [5.74, 6) is -0.0533. The molecular weight excluding hydrogens is 418 g/mol. The molecule has 0 aliphatic carbocycles. The van der Waals surface area contributed by atoms with E-state index < -0.39 is 11.3 Å². The Labute approximate surface area is 191 Å². The highest BCUT2D eigenvalue weighted by atomic mass is 16.7. The second-order valence-electron chi connectivity index (χ2n) is 7.94. The summed E-state index contributed by atoms with van der Waals surface area (Å²) in [6.45, 7) is 2.79. The van der Waals surface area contributed by atoms with Gasteiger partial charge < -0.3 is 23.9 Å². The summed E-state index contributed by atoms with van der Waals surface area (Å²) in [6.07, 6.45) is 1.74. The first-order chi connectivity index (χ1) is 16.1. The summed E-state index contributed by atoms with van der Waals surface area (Å²) in [7, 11) is 1.58. The van der Waals surface area contributed by atoms with Crippen molar-refractivity contribution in [2.24, 2.45) is 0 Å². The maximum absolute atomic E-state index is 9.33. The van der Waals surface area contributed by atoms with Crippen LogP contribution in [0.1, 0.15) is 23.6 Å². The fourth-order valence-electron chi connectivity index (χ4n) is 4.43. The first-order valence-corrected chi connectivity index (χ1v) is 10.6. The van der Waals surface area contributed by atoms with E-state index >= 15 is 0 Å². The molecule has 5 rings (SSSR count). The number of nitrogens with one attached hydrogen (secondary N) is 1. The van der Waals surface area contributed by atoms with E-state index in [0.717, 1.165) is 22.1 Å². The highest BCUT2D eigenvalue weighted by Gasteiger charge is 2.56. The van der Waals surface area contributed by atoms with E-state index in [1.54, 1.807) is 31.5 Å². The zero-order valence-corrected chi connectivity index (χ0v) is 18.4. The zero-order chi connectivity index (χ0) is 22.9. The Morgan fingerprint density at radius 1 is 1.03 bits per heavy atom. The van der Waals surface area contributed by atoms with Crippen LogP contribution in [0.25, 0.3) is 11.0 Å². The van der Waals surface area contributed by atoms with Crippen LogP contribution in [-0.4, -0.2) is 31.1 Å². The largest absolute Gasteiger partial charge is 0.481 e. The smallest absolute Gasteiger partial charge is 0.212 e. The molecule has 0 spiro atoms. The van der Waals surface area contributed by atoms with Crippen molar-refractivity contribution >= 4 is 16.9 Å². The fourth-order valence-corrected chi connectivity index (χ4v) is 4.43. The zero-order valence-electron chi connectivity index (χ0n) is 18.4. The van der Waals surface area contributed by atoms with Crippen molar-refractivity contribution in [2.45, 2.75) is 18.2 Å². The molecule has 1 saturated heterocycles. The molecule has 0 bridgehead atoms. The summed E-state index contributed by atoms with van der Waals surface area (Å²) in [4.78, 5) is 4.45. The van der Waals surface area contributed by atoms with Crippen molar-refractivity contribution in [3.05, 3.63) is 89.6 Å². The van der Waals surface area contributed by atoms with Crippen LogP contribution in [0.15, 0.2) is 77.3 Å². The molecule has 7 heteroatoms. The van der Waals surface area contributed by atoms with Crippen LogP contribution in [0.3, 0.4) is 0 Å². The second kappa shape index (κ2) is 8.24. The number of pyridine rings is 1. The lowest BCUT2D eigenvalue weighted by Crippen LogP contribution is -2.56. The molecule has 1 N–H and O–H groups in total. The minimum Gasteiger partial charge on any atom is -0.481 e. The molecule has 1 aliphatic rings. The van der Waals surface area contributed by atoms with Gasteiger partial charge in [-0.25, -0.2) is 4.98 Å². The third-order valence-corrected chi connectivity index (χ3v) is 6.08. The number of ether oxygens (including phenoxy) is 3. The molecule has 1 atom stereocenters. The number of hydrogen-bond acceptors (Lipinski definition) is 7. The van der Waals surface area contributed by atoms with E-state index in [2.05, 4.69) is 16.4 Å². The van der Waals surface area contributed by atoms with Crippen molar-refractivity contribution in [3.8, 4) is 11.9 Å². The maximum Gasteiger partial charge on any atom is 0.212 e. The monoisotopic (exact) mass is 441 g/mol. The number of nitrogens with zero attached hydrogens (tertiary/aromatic N) is 2. The van der Waals surface area contributed by atoms with Gasteiger partial charge in [-0.3, -0.25) is 0 Å². The number of rotatable bonds is 6. The Kier molecular flexibility index (Phi) is 5.25. The van der Waals surface area contributed by atoms with Crippen molar-refractivity contribution in [1.82, 2.24) is 4.98 Å². The van der Waals surface area contributed by atoms with Gasteiger partial charge in [0.1, 0.15) is 11.1 Å². The van der Waals surface area contributed by atoms with Gasteiger partial charge in [-0.15, -0.1) is 0 Å². The van der Waals surface area contributed by atoms with Crippen LogP contribution in [0.2, 0.25) is 0 Å². The van der Waals surface area contributed by atoms with E-state index in [1.165, 1.54) is 0 Å². The van der Waals surface area contributed by atoms with E-state index in [9.17, 15) is 5.26 Å². The molecular formula is C26H23N3O4. The summed E-state index contributed by atoms with van der Waals surface area (Å²) in [5.41, 5.74) is 1.89. The number of hydrogen-bond donors (Lipinski definition) is 1. The van der Waals surface area contributed by atoms with Crippen LogP contribution >= 0.6 is 0 Å². The molecule has 1 fully saturated rings. The number of nitriles is 1. The molecule has 0 radical (unpaired) electrons. The number of fused-ring (bicyclic) bond motifs is 1. The molecule has 1 unspecified atom stereocenters. The van der Waals surface area contributed by atoms with E-state index in [0.29, 0.717) is 30.5 Å². The van der Waals surface area contributed by atoms with Gasteiger partial charge in [-0.05, 0) is 36.8 Å². The van der Waals surface area contributed by atoms with Gasteiger partial charge in [0.25, 0.3) is 0 Å². The molecule has 4 aromatic rings. The van der Waals surface area contributed by atoms with E-state index in [1.807, 2.05) is 55.5 Å². The van der Waals surface area contributed by atoms with Crippen LogP contribution in [-0.2, 0) is 15.0 Å². The lowest BCUT2D eigenvalue weighted by molar-refractivity contribution is -0.178. The predicted octanol–water partition coefficient (Wildman–Crippen LogP) is 4.83. The van der Waals surface area contributed by atoms with Crippen LogP contribution in [0.5, 0.6) is 5.88 Å². The lowest BCUT2D eigenvalue weighted by Gasteiger charge is -2.45. The van der Waals surface area contributed by atoms with Crippen LogP contribution in [0, 0.1) is 11.3 Å². The Morgan fingerprint density at radius 2 is 1.76 bits per heavy atom. The summed E-state index contributed by atoms with van der Waals surface area (Å²) in [6, 6.07) is 23.0. The molecule has 7 nitrogen and oxygen atoms in total. The number of methoxy groups -OCH3 is 1. The molecule has 0 amide bonds. The number of anilines is 1. The normalized spacial score (nSPS) is 16.8. The molecule has 2 aromatic heterocycles. The Hall–Kier alpha value is -3.86. The van der Waals surface area contributed by atoms with Crippen molar-refractivity contribution in [3.63, 3.8) is 0 Å². The molecule has 33 heavy (non-hydrogen) atoms. The third kappa shape index (κ3) is 3.50. The first-order valence-electron chi connectivity index (χ1n) is 10.6. The van der Waals surface area contributed by atoms with Gasteiger partial charge in [0, 0.05) is 29.3 Å². The molecule has 1 aliphatic heterocycles. The van der Waals surface area contributed by atoms with Gasteiger partial charge in [0.05, 0.1) is 32.0 Å². The minimum atomic E-state index is -1.10. The third-order valence-electron chi connectivity index (χ3n) is 6.08. The van der Waals surface area contributed by atoms with Gasteiger partial charge in [-0.2, -0.15) is 5.26 Å².